The van der Waals surface area contributed by atoms with Crippen LogP contribution in [0.15, 0.2) is 12.4 Å². The number of rotatable bonds is 2. The summed E-state index contributed by atoms with van der Waals surface area (Å²) in [6, 6.07) is 0. The number of hydrogen-bond acceptors (Lipinski definition) is 7. The summed E-state index contributed by atoms with van der Waals surface area (Å²) in [5, 5.41) is 11.4. The third kappa shape index (κ3) is 1.49. The summed E-state index contributed by atoms with van der Waals surface area (Å²) in [5.41, 5.74) is 2.54. The van der Waals surface area contributed by atoms with E-state index in [4.69, 9.17) is 10.7 Å². The zero-order chi connectivity index (χ0) is 11.0. The van der Waals surface area contributed by atoms with Gasteiger partial charge in [-0.3, -0.25) is 5.43 Å². The second-order valence-electron chi connectivity index (χ2n) is 2.81. The van der Waals surface area contributed by atoms with E-state index in [1.807, 2.05) is 0 Å². The van der Waals surface area contributed by atoms with Crippen LogP contribution < -0.4 is 11.3 Å². The van der Waals surface area contributed by atoms with E-state index in [0.29, 0.717) is 11.6 Å². The molecule has 3 N–H and O–H groups in total. The number of hydrogen-bond donors (Lipinski definition) is 2. The molecule has 0 spiro atoms. The van der Waals surface area contributed by atoms with E-state index >= 15 is 0 Å². The average Bonchev–Trinajstić information content (AvgIpc) is 2.71. The fourth-order valence-corrected chi connectivity index (χ4v) is 1.19. The summed E-state index contributed by atoms with van der Waals surface area (Å²) in [7, 11) is 1.52. The first-order chi connectivity index (χ1) is 7.09. The Morgan fingerprint density at radius 1 is 1.73 bits per heavy atom. The van der Waals surface area contributed by atoms with Crippen molar-refractivity contribution in [3.63, 3.8) is 0 Å². The lowest BCUT2D eigenvalue weighted by molar-refractivity contribution is -0.391. The van der Waals surface area contributed by atoms with Crippen molar-refractivity contribution < 1.29 is 9.76 Å². The van der Waals surface area contributed by atoms with Crippen molar-refractivity contribution in [2.45, 2.75) is 0 Å². The second kappa shape index (κ2) is 3.22. The van der Waals surface area contributed by atoms with Crippen LogP contribution in [0.3, 0.4) is 0 Å². The van der Waals surface area contributed by atoms with Crippen molar-refractivity contribution in [2.24, 2.45) is 12.9 Å². The molecule has 1 aromatic rings. The molecule has 1 aliphatic heterocycles. The van der Waals surface area contributed by atoms with Crippen LogP contribution in [0.5, 0.6) is 0 Å². The van der Waals surface area contributed by atoms with Gasteiger partial charge in [0, 0.05) is 5.28 Å². The fraction of sp³-hybridized carbons (Fsp3) is 0.167. The topological polar surface area (TPSA) is 111 Å². The zero-order valence-corrected chi connectivity index (χ0v) is 7.75. The second-order valence-corrected chi connectivity index (χ2v) is 2.81. The van der Waals surface area contributed by atoms with Crippen LogP contribution in [0.25, 0.3) is 5.76 Å². The van der Waals surface area contributed by atoms with Gasteiger partial charge in [-0.2, -0.15) is 0 Å². The summed E-state index contributed by atoms with van der Waals surface area (Å²) in [4.78, 5) is 18.9. The van der Waals surface area contributed by atoms with E-state index in [2.05, 4.69) is 10.4 Å². The molecule has 0 aromatic carbocycles. The van der Waals surface area contributed by atoms with Crippen LogP contribution in [-0.4, -0.2) is 19.8 Å². The normalized spacial score (nSPS) is 15.7. The van der Waals surface area contributed by atoms with Crippen molar-refractivity contribution in [3.05, 3.63) is 28.3 Å². The third-order valence-electron chi connectivity index (χ3n) is 1.89. The number of hydrazine groups is 2. The Morgan fingerprint density at radius 3 is 2.93 bits per heavy atom. The Labute approximate surface area is 83.8 Å². The summed E-state index contributed by atoms with van der Waals surface area (Å²) in [5.74, 6) is 5.77. The van der Waals surface area contributed by atoms with E-state index in [-0.39, 0.29) is 5.82 Å². The maximum absolute atomic E-state index is 10.5. The quantitative estimate of drug-likeness (QED) is 0.377. The maximum Gasteiger partial charge on any atom is 0.343 e. The van der Waals surface area contributed by atoms with Crippen LogP contribution in [0, 0.1) is 10.1 Å². The van der Waals surface area contributed by atoms with Crippen molar-refractivity contribution in [3.8, 4) is 0 Å². The Kier molecular flexibility index (Phi) is 2.02. The van der Waals surface area contributed by atoms with Gasteiger partial charge in [-0.15, -0.1) is 0 Å². The molecule has 2 heterocycles. The van der Waals surface area contributed by atoms with Gasteiger partial charge >= 0.3 is 5.82 Å². The highest BCUT2D eigenvalue weighted by atomic mass is 16.7. The van der Waals surface area contributed by atoms with Gasteiger partial charge in [-0.1, -0.05) is 0 Å². The number of nitro groups is 1. The number of nitrogens with zero attached hydrogens (tertiary/aromatic N) is 4. The van der Waals surface area contributed by atoms with Crippen LogP contribution in [0.1, 0.15) is 5.82 Å². The lowest BCUT2D eigenvalue weighted by atomic mass is 10.5. The molecule has 1 aromatic heterocycles. The van der Waals surface area contributed by atoms with E-state index in [9.17, 15) is 10.1 Å². The molecular weight excluding hydrogens is 204 g/mol. The molecule has 0 aliphatic carbocycles. The number of nitrogens with two attached hydrogens (primary N) is 1. The monoisotopic (exact) mass is 212 g/mol. The van der Waals surface area contributed by atoms with E-state index in [1.165, 1.54) is 17.8 Å². The summed E-state index contributed by atoms with van der Waals surface area (Å²) in [6.07, 6.45) is 2.60. The van der Waals surface area contributed by atoms with Gasteiger partial charge in [-0.05, 0) is 4.92 Å². The molecule has 9 nitrogen and oxygen atoms in total. The number of aromatic nitrogens is 2. The fourth-order valence-electron chi connectivity index (χ4n) is 1.19. The highest BCUT2D eigenvalue weighted by Crippen LogP contribution is 2.21. The SMILES string of the molecule is Cn1c([N+](=O)[O-])cnc1C1=CNN(N)O1. The predicted molar refractivity (Wildman–Crippen MR) is 48.1 cm³/mol. The molecule has 0 radical (unpaired) electrons. The summed E-state index contributed by atoms with van der Waals surface area (Å²) in [6.45, 7) is 0. The standard InChI is InChI=1S/C6H8N6O3/c1-10-5(11(13)14)3-8-6(10)4-2-9-12(7)15-4/h2-3,9H,7H2,1H3. The van der Waals surface area contributed by atoms with Gasteiger partial charge in [0.1, 0.15) is 6.20 Å². The van der Waals surface area contributed by atoms with Crippen molar-refractivity contribution >= 4 is 11.6 Å². The minimum Gasteiger partial charge on any atom is -0.364 e. The molecule has 0 saturated carbocycles. The van der Waals surface area contributed by atoms with E-state index in [1.54, 1.807) is 0 Å². The van der Waals surface area contributed by atoms with Crippen molar-refractivity contribution in [1.82, 2.24) is 20.3 Å². The molecule has 1 aliphatic rings. The molecule has 15 heavy (non-hydrogen) atoms. The number of imidazole rings is 1. The van der Waals surface area contributed by atoms with Crippen LogP contribution >= 0.6 is 0 Å². The lowest BCUT2D eigenvalue weighted by Crippen LogP contribution is -2.35. The highest BCUT2D eigenvalue weighted by molar-refractivity contribution is 5.55. The van der Waals surface area contributed by atoms with Crippen LogP contribution in [-0.2, 0) is 11.9 Å². The lowest BCUT2D eigenvalue weighted by Gasteiger charge is -2.06. The zero-order valence-electron chi connectivity index (χ0n) is 7.75. The first-order valence-electron chi connectivity index (χ1n) is 3.95. The van der Waals surface area contributed by atoms with Gasteiger partial charge in [0.25, 0.3) is 5.82 Å². The molecule has 0 atom stereocenters. The molecule has 80 valence electrons. The van der Waals surface area contributed by atoms with Gasteiger partial charge < -0.3 is 15.0 Å². The van der Waals surface area contributed by atoms with Crippen molar-refractivity contribution in [1.29, 1.82) is 0 Å². The molecule has 9 heteroatoms. The van der Waals surface area contributed by atoms with Gasteiger partial charge in [-0.25, -0.2) is 15.4 Å². The average molecular weight is 212 g/mol. The largest absolute Gasteiger partial charge is 0.364 e. The van der Waals surface area contributed by atoms with E-state index < -0.39 is 4.92 Å². The molecule has 0 unspecified atom stereocenters. The minimum atomic E-state index is -0.528. The Hall–Kier alpha value is -2.13. The Bertz CT molecular complexity index is 438. The minimum absolute atomic E-state index is 0.120. The predicted octanol–water partition coefficient (Wildman–Crippen LogP) is -0.748. The molecule has 0 amide bonds. The molecular formula is C6H8N6O3. The van der Waals surface area contributed by atoms with Gasteiger partial charge in [0.15, 0.2) is 0 Å². The first kappa shape index (κ1) is 9.43. The molecule has 0 bridgehead atoms. The van der Waals surface area contributed by atoms with E-state index in [0.717, 1.165) is 11.5 Å². The molecule has 0 saturated heterocycles. The molecule has 2 rings (SSSR count). The first-order valence-corrected chi connectivity index (χ1v) is 3.95. The van der Waals surface area contributed by atoms with Gasteiger partial charge in [0.05, 0.1) is 13.2 Å². The summed E-state index contributed by atoms with van der Waals surface area (Å²) >= 11 is 0. The maximum atomic E-state index is 10.5. The van der Waals surface area contributed by atoms with Gasteiger partial charge in [0.2, 0.25) is 5.76 Å². The Morgan fingerprint density at radius 2 is 2.47 bits per heavy atom. The molecule has 0 fully saturated rings. The Balaban J connectivity index is 2.34. The van der Waals surface area contributed by atoms with Crippen LogP contribution in [0.2, 0.25) is 0 Å². The summed E-state index contributed by atoms with van der Waals surface area (Å²) < 4.78 is 1.30. The smallest absolute Gasteiger partial charge is 0.343 e. The highest BCUT2D eigenvalue weighted by Gasteiger charge is 2.25. The van der Waals surface area contributed by atoms with Crippen LogP contribution in [0.4, 0.5) is 5.82 Å². The number of nitrogens with one attached hydrogen (secondary N) is 1. The van der Waals surface area contributed by atoms with Crippen molar-refractivity contribution in [2.75, 3.05) is 0 Å². The third-order valence-corrected chi connectivity index (χ3v) is 1.89.